The summed E-state index contributed by atoms with van der Waals surface area (Å²) in [4.78, 5) is 23.8. The Balaban J connectivity index is 1.72. The van der Waals surface area contributed by atoms with Gasteiger partial charge in [-0.1, -0.05) is 31.2 Å². The molecule has 0 fully saturated rings. The maximum absolute atomic E-state index is 12.3. The fraction of sp³-hybridized carbons (Fsp3) is 0.333. The normalized spacial score (nSPS) is 11.0. The van der Waals surface area contributed by atoms with Crippen LogP contribution in [0.3, 0.4) is 0 Å². The number of sulfonamides is 1. The van der Waals surface area contributed by atoms with Gasteiger partial charge in [0.25, 0.3) is 5.91 Å². The number of rotatable bonds is 9. The number of nitrogens with one attached hydrogen (secondary N) is 3. The van der Waals surface area contributed by atoms with Gasteiger partial charge in [0.1, 0.15) is 5.75 Å². The molecule has 0 aliphatic heterocycles. The van der Waals surface area contributed by atoms with Gasteiger partial charge in [0.2, 0.25) is 15.9 Å². The van der Waals surface area contributed by atoms with Crippen LogP contribution in [0.15, 0.2) is 47.4 Å². The maximum atomic E-state index is 12.3. The largest absolute Gasteiger partial charge is 0.483 e. The highest BCUT2D eigenvalue weighted by Gasteiger charge is 2.15. The van der Waals surface area contributed by atoms with E-state index < -0.39 is 21.8 Å². The molecule has 0 unspecified atom stereocenters. The predicted molar refractivity (Wildman–Crippen MR) is 113 cm³/mol. The molecule has 0 aliphatic rings. The third kappa shape index (κ3) is 6.85. The highest BCUT2D eigenvalue weighted by Crippen LogP contribution is 2.18. The fourth-order valence-corrected chi connectivity index (χ4v) is 3.70. The maximum Gasteiger partial charge on any atom is 0.276 e. The van der Waals surface area contributed by atoms with Crippen LogP contribution in [0.1, 0.15) is 30.0 Å². The van der Waals surface area contributed by atoms with E-state index in [1.165, 1.54) is 6.07 Å². The molecule has 2 aromatic carbocycles. The van der Waals surface area contributed by atoms with E-state index in [-0.39, 0.29) is 24.5 Å². The van der Waals surface area contributed by atoms with Gasteiger partial charge in [-0.3, -0.25) is 20.4 Å². The minimum Gasteiger partial charge on any atom is -0.483 e. The van der Waals surface area contributed by atoms with E-state index >= 15 is 0 Å². The van der Waals surface area contributed by atoms with E-state index in [1.807, 2.05) is 39.0 Å². The van der Waals surface area contributed by atoms with Crippen molar-refractivity contribution in [3.63, 3.8) is 0 Å². The average Bonchev–Trinajstić information content (AvgIpc) is 2.72. The minimum atomic E-state index is -3.71. The van der Waals surface area contributed by atoms with Crippen LogP contribution >= 0.6 is 0 Å². The first kappa shape index (κ1) is 23.4. The van der Waals surface area contributed by atoms with Crippen molar-refractivity contribution in [2.45, 2.75) is 38.5 Å². The number of hydrazine groups is 1. The van der Waals surface area contributed by atoms with Crippen molar-refractivity contribution in [2.24, 2.45) is 0 Å². The molecule has 0 aliphatic carbocycles. The standard InChI is InChI=1S/C21H27N3O5S/c1-4-17-7-5-6-8-19(17)29-14-21(26)24-23-20(25)11-12-22-30(27,28)18-10-9-15(2)16(3)13-18/h5-10,13,22H,4,11-12,14H2,1-3H3,(H,23,25)(H,24,26). The van der Waals surface area contributed by atoms with E-state index in [1.54, 1.807) is 18.2 Å². The van der Waals surface area contributed by atoms with Gasteiger partial charge in [-0.2, -0.15) is 0 Å². The van der Waals surface area contributed by atoms with Crippen molar-refractivity contribution in [1.29, 1.82) is 0 Å². The first-order valence-electron chi connectivity index (χ1n) is 9.58. The zero-order valence-electron chi connectivity index (χ0n) is 17.3. The van der Waals surface area contributed by atoms with E-state index in [4.69, 9.17) is 4.74 Å². The molecule has 2 aromatic rings. The van der Waals surface area contributed by atoms with Crippen molar-refractivity contribution in [2.75, 3.05) is 13.2 Å². The second kappa shape index (κ2) is 10.7. The number of amides is 2. The molecular formula is C21H27N3O5S. The zero-order chi connectivity index (χ0) is 22.1. The summed E-state index contributed by atoms with van der Waals surface area (Å²) in [6.07, 6.45) is 0.635. The Kier molecular flexibility index (Phi) is 8.37. The van der Waals surface area contributed by atoms with Crippen molar-refractivity contribution in [1.82, 2.24) is 15.6 Å². The summed E-state index contributed by atoms with van der Waals surface area (Å²) in [6, 6.07) is 12.2. The van der Waals surface area contributed by atoms with Gasteiger partial charge in [-0.05, 0) is 55.2 Å². The molecule has 162 valence electrons. The predicted octanol–water partition coefficient (Wildman–Crippen LogP) is 1.76. The Hall–Kier alpha value is -2.91. The van der Waals surface area contributed by atoms with Crippen LogP contribution in [-0.4, -0.2) is 33.4 Å². The van der Waals surface area contributed by atoms with Crippen LogP contribution in [0.5, 0.6) is 5.75 Å². The highest BCUT2D eigenvalue weighted by molar-refractivity contribution is 7.89. The lowest BCUT2D eigenvalue weighted by atomic mass is 10.1. The van der Waals surface area contributed by atoms with Crippen molar-refractivity contribution < 1.29 is 22.7 Å². The Bertz CT molecular complexity index is 1010. The number of ether oxygens (including phenoxy) is 1. The molecule has 0 atom stereocenters. The molecule has 0 bridgehead atoms. The molecule has 0 saturated carbocycles. The smallest absolute Gasteiger partial charge is 0.276 e. The SMILES string of the molecule is CCc1ccccc1OCC(=O)NNC(=O)CCNS(=O)(=O)c1ccc(C)c(C)c1. The first-order valence-corrected chi connectivity index (χ1v) is 11.1. The summed E-state index contributed by atoms with van der Waals surface area (Å²) < 4.78 is 32.4. The molecule has 8 nitrogen and oxygen atoms in total. The number of benzene rings is 2. The monoisotopic (exact) mass is 433 g/mol. The summed E-state index contributed by atoms with van der Waals surface area (Å²) in [7, 11) is -3.71. The summed E-state index contributed by atoms with van der Waals surface area (Å²) in [5, 5.41) is 0. The molecule has 0 saturated heterocycles. The Labute approximate surface area is 177 Å². The third-order valence-corrected chi connectivity index (χ3v) is 5.95. The van der Waals surface area contributed by atoms with E-state index in [0.29, 0.717) is 5.75 Å². The summed E-state index contributed by atoms with van der Waals surface area (Å²) >= 11 is 0. The first-order chi connectivity index (χ1) is 14.2. The van der Waals surface area contributed by atoms with Gasteiger partial charge in [0, 0.05) is 13.0 Å². The lowest BCUT2D eigenvalue weighted by Crippen LogP contribution is -2.44. The Morgan fingerprint density at radius 3 is 2.37 bits per heavy atom. The lowest BCUT2D eigenvalue weighted by Gasteiger charge is -2.11. The van der Waals surface area contributed by atoms with E-state index in [0.717, 1.165) is 23.1 Å². The second-order valence-corrected chi connectivity index (χ2v) is 8.51. The molecule has 0 heterocycles. The topological polar surface area (TPSA) is 114 Å². The van der Waals surface area contributed by atoms with Gasteiger partial charge in [-0.25, -0.2) is 13.1 Å². The van der Waals surface area contributed by atoms with Crippen LogP contribution in [0.25, 0.3) is 0 Å². The summed E-state index contributed by atoms with van der Waals surface area (Å²) in [5.74, 6) is -0.438. The number of para-hydroxylation sites is 1. The number of hydrogen-bond donors (Lipinski definition) is 3. The van der Waals surface area contributed by atoms with Crippen molar-refractivity contribution in [3.05, 3.63) is 59.2 Å². The van der Waals surface area contributed by atoms with Crippen LogP contribution in [0.2, 0.25) is 0 Å². The van der Waals surface area contributed by atoms with Crippen LogP contribution in [-0.2, 0) is 26.0 Å². The second-order valence-electron chi connectivity index (χ2n) is 6.74. The van der Waals surface area contributed by atoms with Gasteiger partial charge in [0.15, 0.2) is 6.61 Å². The van der Waals surface area contributed by atoms with Crippen molar-refractivity contribution >= 4 is 21.8 Å². The highest BCUT2D eigenvalue weighted by atomic mass is 32.2. The molecule has 2 amide bonds. The molecule has 0 radical (unpaired) electrons. The van der Waals surface area contributed by atoms with Crippen LogP contribution in [0.4, 0.5) is 0 Å². The van der Waals surface area contributed by atoms with Crippen LogP contribution in [0, 0.1) is 13.8 Å². The molecule has 3 N–H and O–H groups in total. The van der Waals surface area contributed by atoms with Crippen molar-refractivity contribution in [3.8, 4) is 5.75 Å². The third-order valence-electron chi connectivity index (χ3n) is 4.49. The zero-order valence-corrected chi connectivity index (χ0v) is 18.1. The molecule has 0 aromatic heterocycles. The minimum absolute atomic E-state index is 0.0999. The number of aryl methyl sites for hydroxylation is 3. The van der Waals surface area contributed by atoms with Gasteiger partial charge in [-0.15, -0.1) is 0 Å². The molecule has 9 heteroatoms. The number of carbonyl (C=O) groups is 2. The Morgan fingerprint density at radius 2 is 1.67 bits per heavy atom. The molecule has 0 spiro atoms. The Morgan fingerprint density at radius 1 is 0.967 bits per heavy atom. The lowest BCUT2D eigenvalue weighted by molar-refractivity contribution is -0.129. The average molecular weight is 434 g/mol. The van der Waals surface area contributed by atoms with Gasteiger partial charge in [0.05, 0.1) is 4.90 Å². The quantitative estimate of drug-likeness (QED) is 0.522. The van der Waals surface area contributed by atoms with Crippen LogP contribution < -0.4 is 20.3 Å². The van der Waals surface area contributed by atoms with Gasteiger partial charge < -0.3 is 4.74 Å². The number of carbonyl (C=O) groups excluding carboxylic acids is 2. The molecule has 2 rings (SSSR count). The fourth-order valence-electron chi connectivity index (χ4n) is 2.58. The van der Waals surface area contributed by atoms with E-state index in [9.17, 15) is 18.0 Å². The summed E-state index contributed by atoms with van der Waals surface area (Å²) in [6.45, 7) is 5.35. The van der Waals surface area contributed by atoms with E-state index in [2.05, 4.69) is 15.6 Å². The molecule has 30 heavy (non-hydrogen) atoms. The van der Waals surface area contributed by atoms with Gasteiger partial charge >= 0.3 is 0 Å². The molecular weight excluding hydrogens is 406 g/mol. The number of hydrogen-bond acceptors (Lipinski definition) is 5. The summed E-state index contributed by atoms with van der Waals surface area (Å²) in [5.41, 5.74) is 7.31.